The van der Waals surface area contributed by atoms with Gasteiger partial charge in [-0.25, -0.2) is 9.97 Å². The number of nitrogens with one attached hydrogen (secondary N) is 1. The predicted molar refractivity (Wildman–Crippen MR) is 85.0 cm³/mol. The molecule has 1 fully saturated rings. The van der Waals surface area contributed by atoms with E-state index >= 15 is 0 Å². The van der Waals surface area contributed by atoms with Gasteiger partial charge in [0.05, 0.1) is 0 Å². The highest BCUT2D eigenvalue weighted by molar-refractivity contribution is 5.47. The van der Waals surface area contributed by atoms with Crippen molar-refractivity contribution in [1.29, 1.82) is 5.26 Å². The zero-order valence-corrected chi connectivity index (χ0v) is 12.6. The highest BCUT2D eigenvalue weighted by Gasteiger charge is 2.30. The van der Waals surface area contributed by atoms with Crippen molar-refractivity contribution in [2.45, 2.75) is 19.5 Å². The van der Waals surface area contributed by atoms with E-state index in [0.717, 1.165) is 19.6 Å². The first-order valence-electron chi connectivity index (χ1n) is 7.50. The topological polar surface area (TPSA) is 64.8 Å². The summed E-state index contributed by atoms with van der Waals surface area (Å²) < 4.78 is 0. The summed E-state index contributed by atoms with van der Waals surface area (Å²) in [6.07, 6.45) is 3.16. The predicted octanol–water partition coefficient (Wildman–Crippen LogP) is 2.28. The van der Waals surface area contributed by atoms with Gasteiger partial charge in [-0.1, -0.05) is 37.3 Å². The summed E-state index contributed by atoms with van der Waals surface area (Å²) in [6.45, 7) is 5.16. The normalized spacial score (nSPS) is 21.5. The zero-order valence-electron chi connectivity index (χ0n) is 12.6. The van der Waals surface area contributed by atoms with Crippen molar-refractivity contribution in [3.8, 4) is 6.07 Å². The van der Waals surface area contributed by atoms with E-state index in [4.69, 9.17) is 5.26 Å². The Balaban J connectivity index is 1.65. The number of rotatable bonds is 4. The van der Waals surface area contributed by atoms with Crippen molar-refractivity contribution >= 4 is 5.82 Å². The number of nitriles is 1. The van der Waals surface area contributed by atoms with Crippen LogP contribution in [-0.4, -0.2) is 34.0 Å². The number of likely N-dealkylation sites (tertiary alicyclic amines) is 1. The summed E-state index contributed by atoms with van der Waals surface area (Å²) in [7, 11) is 0. The van der Waals surface area contributed by atoms with E-state index in [1.54, 1.807) is 12.4 Å². The van der Waals surface area contributed by atoms with Crippen LogP contribution in [0.3, 0.4) is 0 Å². The third-order valence-electron chi connectivity index (χ3n) is 4.06. The Morgan fingerprint density at radius 2 is 2.00 bits per heavy atom. The Labute approximate surface area is 130 Å². The second kappa shape index (κ2) is 6.54. The molecule has 1 aromatic carbocycles. The Kier molecular flexibility index (Phi) is 4.31. The lowest BCUT2D eigenvalue weighted by molar-refractivity contribution is 0.319. The van der Waals surface area contributed by atoms with Gasteiger partial charge in [-0.3, -0.25) is 4.90 Å². The van der Waals surface area contributed by atoms with Gasteiger partial charge in [0.25, 0.3) is 0 Å². The number of hydrogen-bond donors (Lipinski definition) is 1. The molecule has 5 nitrogen and oxygen atoms in total. The summed E-state index contributed by atoms with van der Waals surface area (Å²) in [5.41, 5.74) is 1.68. The van der Waals surface area contributed by atoms with E-state index in [0.29, 0.717) is 17.4 Å². The van der Waals surface area contributed by atoms with Crippen LogP contribution in [0, 0.1) is 17.2 Å². The fourth-order valence-electron chi connectivity index (χ4n) is 2.93. The largest absolute Gasteiger partial charge is 0.363 e. The molecule has 0 unspecified atom stereocenters. The maximum Gasteiger partial charge on any atom is 0.182 e. The molecule has 3 rings (SSSR count). The number of aromatic nitrogens is 2. The molecule has 1 aliphatic heterocycles. The maximum absolute atomic E-state index is 9.10. The average Bonchev–Trinajstić information content (AvgIpc) is 2.88. The van der Waals surface area contributed by atoms with Crippen LogP contribution in [0.2, 0.25) is 0 Å². The summed E-state index contributed by atoms with van der Waals surface area (Å²) >= 11 is 0. The quantitative estimate of drug-likeness (QED) is 0.937. The van der Waals surface area contributed by atoms with Gasteiger partial charge in [0.15, 0.2) is 11.5 Å². The van der Waals surface area contributed by atoms with Crippen molar-refractivity contribution in [3.63, 3.8) is 0 Å². The highest BCUT2D eigenvalue weighted by atomic mass is 15.2. The van der Waals surface area contributed by atoms with E-state index in [1.807, 2.05) is 6.07 Å². The molecule has 1 saturated heterocycles. The van der Waals surface area contributed by atoms with Crippen LogP contribution >= 0.6 is 0 Å². The fourth-order valence-corrected chi connectivity index (χ4v) is 2.93. The summed E-state index contributed by atoms with van der Waals surface area (Å²) in [5.74, 6) is 1.08. The third kappa shape index (κ3) is 3.23. The first kappa shape index (κ1) is 14.5. The molecule has 112 valence electrons. The standard InChI is InChI=1S/C17H19N5/c1-13-10-22(11-14-5-3-2-4-6-14)12-16(13)21-17-15(9-18)19-7-8-20-17/h2-8,13,16H,10-12H2,1H3,(H,20,21)/t13-,16-/m0/s1. The molecule has 0 amide bonds. The fraction of sp³-hybridized carbons (Fsp3) is 0.353. The minimum atomic E-state index is 0.285. The number of anilines is 1. The van der Waals surface area contributed by atoms with Gasteiger partial charge in [-0.15, -0.1) is 0 Å². The van der Waals surface area contributed by atoms with E-state index in [-0.39, 0.29) is 6.04 Å². The van der Waals surface area contributed by atoms with Gasteiger partial charge in [0.2, 0.25) is 0 Å². The van der Waals surface area contributed by atoms with E-state index in [9.17, 15) is 0 Å². The minimum absolute atomic E-state index is 0.285. The van der Waals surface area contributed by atoms with Crippen molar-refractivity contribution in [2.75, 3.05) is 18.4 Å². The molecule has 0 radical (unpaired) electrons. The number of hydrogen-bond acceptors (Lipinski definition) is 5. The van der Waals surface area contributed by atoms with Crippen LogP contribution in [0.4, 0.5) is 5.82 Å². The van der Waals surface area contributed by atoms with Crippen molar-refractivity contribution in [1.82, 2.24) is 14.9 Å². The Morgan fingerprint density at radius 3 is 2.77 bits per heavy atom. The monoisotopic (exact) mass is 293 g/mol. The van der Waals surface area contributed by atoms with Gasteiger partial charge >= 0.3 is 0 Å². The lowest BCUT2D eigenvalue weighted by atomic mass is 10.1. The molecule has 0 aliphatic carbocycles. The zero-order chi connectivity index (χ0) is 15.4. The first-order chi connectivity index (χ1) is 10.8. The molecule has 0 bridgehead atoms. The van der Waals surface area contributed by atoms with Crippen molar-refractivity contribution in [2.24, 2.45) is 5.92 Å². The smallest absolute Gasteiger partial charge is 0.182 e. The Bertz CT molecular complexity index is 664. The summed E-state index contributed by atoms with van der Waals surface area (Å²) in [5, 5.41) is 12.5. The van der Waals surface area contributed by atoms with Gasteiger partial charge in [0.1, 0.15) is 6.07 Å². The second-order valence-electron chi connectivity index (χ2n) is 5.77. The van der Waals surface area contributed by atoms with Gasteiger partial charge in [0, 0.05) is 38.1 Å². The van der Waals surface area contributed by atoms with Crippen LogP contribution in [0.5, 0.6) is 0 Å². The second-order valence-corrected chi connectivity index (χ2v) is 5.77. The Morgan fingerprint density at radius 1 is 1.23 bits per heavy atom. The molecule has 2 aromatic rings. The van der Waals surface area contributed by atoms with Crippen LogP contribution in [0.25, 0.3) is 0 Å². The lowest BCUT2D eigenvalue weighted by Crippen LogP contribution is -2.28. The van der Waals surface area contributed by atoms with Gasteiger partial charge in [-0.2, -0.15) is 5.26 Å². The molecule has 1 aliphatic rings. The summed E-state index contributed by atoms with van der Waals surface area (Å²) in [4.78, 5) is 10.7. The van der Waals surface area contributed by atoms with Crippen LogP contribution in [-0.2, 0) is 6.54 Å². The molecule has 0 spiro atoms. The van der Waals surface area contributed by atoms with Crippen LogP contribution < -0.4 is 5.32 Å². The van der Waals surface area contributed by atoms with E-state index < -0.39 is 0 Å². The number of nitrogens with zero attached hydrogens (tertiary/aromatic N) is 4. The molecule has 2 atom stereocenters. The number of benzene rings is 1. The molecule has 2 heterocycles. The third-order valence-corrected chi connectivity index (χ3v) is 4.06. The van der Waals surface area contributed by atoms with E-state index in [2.05, 4.69) is 57.4 Å². The average molecular weight is 293 g/mol. The highest BCUT2D eigenvalue weighted by Crippen LogP contribution is 2.22. The molecule has 0 saturated carbocycles. The summed E-state index contributed by atoms with van der Waals surface area (Å²) in [6, 6.07) is 12.9. The lowest BCUT2D eigenvalue weighted by Gasteiger charge is -2.18. The SMILES string of the molecule is C[C@H]1CN(Cc2ccccc2)C[C@@H]1Nc1nccnc1C#N. The van der Waals surface area contributed by atoms with Gasteiger partial charge in [-0.05, 0) is 11.5 Å². The maximum atomic E-state index is 9.10. The van der Waals surface area contributed by atoms with Crippen molar-refractivity contribution < 1.29 is 0 Å². The molecule has 1 aromatic heterocycles. The van der Waals surface area contributed by atoms with Crippen LogP contribution in [0.15, 0.2) is 42.7 Å². The van der Waals surface area contributed by atoms with Crippen LogP contribution in [0.1, 0.15) is 18.2 Å². The molecule has 5 heteroatoms. The molecule has 1 N–H and O–H groups in total. The van der Waals surface area contributed by atoms with Gasteiger partial charge < -0.3 is 5.32 Å². The molecular formula is C17H19N5. The molecule has 22 heavy (non-hydrogen) atoms. The van der Waals surface area contributed by atoms with E-state index in [1.165, 1.54) is 5.56 Å². The first-order valence-corrected chi connectivity index (χ1v) is 7.50. The molecular weight excluding hydrogens is 274 g/mol. The Hall–Kier alpha value is -2.45. The van der Waals surface area contributed by atoms with Crippen molar-refractivity contribution in [3.05, 3.63) is 54.0 Å². The minimum Gasteiger partial charge on any atom is -0.363 e.